The molecule has 2 aromatic carbocycles. The fourth-order valence-corrected chi connectivity index (χ4v) is 2.92. The van der Waals surface area contributed by atoms with E-state index < -0.39 is 0 Å². The van der Waals surface area contributed by atoms with E-state index in [1.165, 1.54) is 12.8 Å². The van der Waals surface area contributed by atoms with E-state index in [2.05, 4.69) is 10.2 Å². The summed E-state index contributed by atoms with van der Waals surface area (Å²) in [5.74, 6) is 1.18. The number of benzene rings is 2. The predicted octanol–water partition coefficient (Wildman–Crippen LogP) is 3.64. The summed E-state index contributed by atoms with van der Waals surface area (Å²) in [5.41, 5.74) is 2.40. The lowest BCUT2D eigenvalue weighted by Gasteiger charge is -2.18. The summed E-state index contributed by atoms with van der Waals surface area (Å²) < 4.78 is 5.89. The first-order valence-corrected chi connectivity index (χ1v) is 7.28. The second kappa shape index (κ2) is 4.81. The van der Waals surface area contributed by atoms with Gasteiger partial charge < -0.3 is 15.0 Å². The highest BCUT2D eigenvalue weighted by Gasteiger charge is 2.22. The van der Waals surface area contributed by atoms with Gasteiger partial charge in [0, 0.05) is 18.8 Å². The van der Waals surface area contributed by atoms with Crippen LogP contribution < -0.4 is 15.0 Å². The highest BCUT2D eigenvalue weighted by molar-refractivity contribution is 6.08. The van der Waals surface area contributed by atoms with Crippen LogP contribution in [0.3, 0.4) is 0 Å². The van der Waals surface area contributed by atoms with E-state index in [0.29, 0.717) is 22.7 Å². The fraction of sp³-hybridized carbons (Fsp3) is 0.235. The molecule has 4 heteroatoms. The van der Waals surface area contributed by atoms with Crippen molar-refractivity contribution in [2.45, 2.75) is 12.8 Å². The molecule has 2 aliphatic rings. The van der Waals surface area contributed by atoms with Gasteiger partial charge in [-0.25, -0.2) is 0 Å². The molecule has 0 saturated carbocycles. The number of hydrogen-bond acceptors (Lipinski definition) is 3. The van der Waals surface area contributed by atoms with Gasteiger partial charge in [0.2, 0.25) is 0 Å². The molecule has 1 fully saturated rings. The van der Waals surface area contributed by atoms with Crippen LogP contribution in [0.2, 0.25) is 0 Å². The lowest BCUT2D eigenvalue weighted by atomic mass is 10.1. The van der Waals surface area contributed by atoms with Gasteiger partial charge in [-0.05, 0) is 43.2 Å². The number of hydrogen-bond donors (Lipinski definition) is 1. The molecule has 0 bridgehead atoms. The molecular formula is C17H16N2O2. The molecule has 2 aromatic rings. The Kier molecular flexibility index (Phi) is 2.81. The third-order valence-electron chi connectivity index (χ3n) is 4.03. The Bertz CT molecular complexity index is 706. The third kappa shape index (κ3) is 2.13. The van der Waals surface area contributed by atoms with Crippen LogP contribution in [0.1, 0.15) is 23.2 Å². The number of nitrogens with zero attached hydrogens (tertiary/aromatic N) is 1. The van der Waals surface area contributed by atoms with Gasteiger partial charge in [-0.3, -0.25) is 4.79 Å². The molecule has 106 valence electrons. The molecular weight excluding hydrogens is 264 g/mol. The number of para-hydroxylation sites is 2. The van der Waals surface area contributed by atoms with E-state index in [9.17, 15) is 4.79 Å². The van der Waals surface area contributed by atoms with Crippen LogP contribution in [-0.4, -0.2) is 19.0 Å². The van der Waals surface area contributed by atoms with Crippen molar-refractivity contribution in [3.63, 3.8) is 0 Å². The Morgan fingerprint density at radius 3 is 2.67 bits per heavy atom. The lowest BCUT2D eigenvalue weighted by molar-refractivity contribution is 0.102. The van der Waals surface area contributed by atoms with Crippen molar-refractivity contribution in [2.24, 2.45) is 0 Å². The first-order valence-electron chi connectivity index (χ1n) is 7.28. The van der Waals surface area contributed by atoms with Crippen molar-refractivity contribution >= 4 is 17.3 Å². The Labute approximate surface area is 123 Å². The maximum Gasteiger partial charge on any atom is 0.259 e. The zero-order valence-corrected chi connectivity index (χ0v) is 11.6. The fourth-order valence-electron chi connectivity index (χ4n) is 2.92. The van der Waals surface area contributed by atoms with Crippen LogP contribution >= 0.6 is 0 Å². The monoisotopic (exact) mass is 280 g/mol. The Morgan fingerprint density at radius 2 is 1.81 bits per heavy atom. The van der Waals surface area contributed by atoms with Gasteiger partial charge in [0.05, 0.1) is 11.3 Å². The molecule has 2 heterocycles. The van der Waals surface area contributed by atoms with Gasteiger partial charge in [0.1, 0.15) is 5.75 Å². The van der Waals surface area contributed by atoms with Gasteiger partial charge in [0.15, 0.2) is 5.75 Å². The van der Waals surface area contributed by atoms with Gasteiger partial charge >= 0.3 is 0 Å². The number of carbonyl (C=O) groups excluding carboxylic acids is 1. The van der Waals surface area contributed by atoms with Crippen LogP contribution in [-0.2, 0) is 0 Å². The summed E-state index contributed by atoms with van der Waals surface area (Å²) in [4.78, 5) is 14.7. The summed E-state index contributed by atoms with van der Waals surface area (Å²) in [6, 6.07) is 13.3. The van der Waals surface area contributed by atoms with Gasteiger partial charge in [-0.15, -0.1) is 0 Å². The van der Waals surface area contributed by atoms with Crippen molar-refractivity contribution in [3.05, 3.63) is 48.0 Å². The minimum atomic E-state index is -0.115. The van der Waals surface area contributed by atoms with Crippen LogP contribution in [0.4, 0.5) is 11.4 Å². The minimum Gasteiger partial charge on any atom is -0.454 e. The van der Waals surface area contributed by atoms with Crippen molar-refractivity contribution in [3.8, 4) is 11.5 Å². The SMILES string of the molecule is O=C1Nc2ccccc2Oc2ccc(N3CCCC3)cc21. The van der Waals surface area contributed by atoms with E-state index in [1.54, 1.807) is 0 Å². The van der Waals surface area contributed by atoms with Gasteiger partial charge in [0.25, 0.3) is 5.91 Å². The quantitative estimate of drug-likeness (QED) is 0.867. The number of fused-ring (bicyclic) bond motifs is 2. The largest absolute Gasteiger partial charge is 0.454 e. The average molecular weight is 280 g/mol. The number of ether oxygens (including phenoxy) is 1. The normalized spacial score (nSPS) is 16.6. The second-order valence-corrected chi connectivity index (χ2v) is 5.43. The van der Waals surface area contributed by atoms with Crippen molar-refractivity contribution < 1.29 is 9.53 Å². The summed E-state index contributed by atoms with van der Waals surface area (Å²) >= 11 is 0. The molecule has 2 aliphatic heterocycles. The van der Waals surface area contributed by atoms with Gasteiger partial charge in [-0.2, -0.15) is 0 Å². The van der Waals surface area contributed by atoms with Crippen LogP contribution in [0.15, 0.2) is 42.5 Å². The van der Waals surface area contributed by atoms with Crippen molar-refractivity contribution in [1.82, 2.24) is 0 Å². The molecule has 1 N–H and O–H groups in total. The molecule has 0 unspecified atom stereocenters. The predicted molar refractivity (Wildman–Crippen MR) is 82.4 cm³/mol. The molecule has 0 radical (unpaired) electrons. The molecule has 4 rings (SSSR count). The topological polar surface area (TPSA) is 41.6 Å². The summed E-state index contributed by atoms with van der Waals surface area (Å²) in [5, 5.41) is 2.91. The van der Waals surface area contributed by atoms with Crippen molar-refractivity contribution in [1.29, 1.82) is 0 Å². The number of carbonyl (C=O) groups is 1. The van der Waals surface area contributed by atoms with E-state index >= 15 is 0 Å². The van der Waals surface area contributed by atoms with E-state index in [-0.39, 0.29) is 5.91 Å². The smallest absolute Gasteiger partial charge is 0.259 e. The zero-order valence-electron chi connectivity index (χ0n) is 11.6. The molecule has 0 spiro atoms. The summed E-state index contributed by atoms with van der Waals surface area (Å²) in [6.45, 7) is 2.11. The Hall–Kier alpha value is -2.49. The summed E-state index contributed by atoms with van der Waals surface area (Å²) in [7, 11) is 0. The highest BCUT2D eigenvalue weighted by Crippen LogP contribution is 2.37. The highest BCUT2D eigenvalue weighted by atomic mass is 16.5. The first kappa shape index (κ1) is 12.3. The first-order chi connectivity index (χ1) is 10.3. The molecule has 1 saturated heterocycles. The Morgan fingerprint density at radius 1 is 1.00 bits per heavy atom. The maximum atomic E-state index is 12.4. The van der Waals surface area contributed by atoms with Crippen molar-refractivity contribution in [2.75, 3.05) is 23.3 Å². The molecule has 4 nitrogen and oxygen atoms in total. The van der Waals surface area contributed by atoms with Crippen LogP contribution in [0, 0.1) is 0 Å². The number of rotatable bonds is 1. The maximum absolute atomic E-state index is 12.4. The number of amides is 1. The number of nitrogens with one attached hydrogen (secondary N) is 1. The van der Waals surface area contributed by atoms with Crippen LogP contribution in [0.5, 0.6) is 11.5 Å². The molecule has 1 amide bonds. The minimum absolute atomic E-state index is 0.115. The van der Waals surface area contributed by atoms with E-state index in [0.717, 1.165) is 18.8 Å². The second-order valence-electron chi connectivity index (χ2n) is 5.43. The zero-order chi connectivity index (χ0) is 14.2. The van der Waals surface area contributed by atoms with E-state index in [1.807, 2.05) is 42.5 Å². The average Bonchev–Trinajstić information content (AvgIpc) is 2.99. The molecule has 21 heavy (non-hydrogen) atoms. The Balaban J connectivity index is 1.75. The molecule has 0 aromatic heterocycles. The molecule has 0 atom stereocenters. The van der Waals surface area contributed by atoms with E-state index in [4.69, 9.17) is 4.74 Å². The lowest BCUT2D eigenvalue weighted by Crippen LogP contribution is -2.18. The van der Waals surface area contributed by atoms with Crippen LogP contribution in [0.25, 0.3) is 0 Å². The summed E-state index contributed by atoms with van der Waals surface area (Å²) in [6.07, 6.45) is 2.43. The third-order valence-corrected chi connectivity index (χ3v) is 4.03. The standard InChI is InChI=1S/C17H16N2O2/c20-17-13-11-12(19-9-3-4-10-19)7-8-15(13)21-16-6-2-1-5-14(16)18-17/h1-2,5-8,11H,3-4,9-10H2,(H,18,20). The molecule has 0 aliphatic carbocycles. The van der Waals surface area contributed by atoms with Gasteiger partial charge in [-0.1, -0.05) is 12.1 Å². The number of anilines is 2.